The summed E-state index contributed by atoms with van der Waals surface area (Å²) in [5.74, 6) is -0.803. The molecule has 8 heteroatoms. The fraction of sp³-hybridized carbons (Fsp3) is 0.909. The van der Waals surface area contributed by atoms with Crippen molar-refractivity contribution < 1.29 is 23.4 Å². The summed E-state index contributed by atoms with van der Waals surface area (Å²) in [6.07, 6.45) is -0.752. The summed E-state index contributed by atoms with van der Waals surface area (Å²) in [6, 6.07) is 1.33. The highest BCUT2D eigenvalue weighted by molar-refractivity contribution is 6.74. The van der Waals surface area contributed by atoms with Crippen LogP contribution in [0.1, 0.15) is 68.7 Å². The van der Waals surface area contributed by atoms with Crippen molar-refractivity contribution in [1.82, 2.24) is 4.90 Å². The van der Waals surface area contributed by atoms with Crippen LogP contribution in [-0.4, -0.2) is 61.1 Å². The molecule has 0 saturated carbocycles. The van der Waals surface area contributed by atoms with Gasteiger partial charge < -0.3 is 18.6 Å². The maximum Gasteiger partial charge on any atom is 0.411 e. The van der Waals surface area contributed by atoms with Gasteiger partial charge in [0.1, 0.15) is 17.3 Å². The van der Waals surface area contributed by atoms with E-state index in [1.54, 1.807) is 4.90 Å². The summed E-state index contributed by atoms with van der Waals surface area (Å²) in [6.45, 7) is 22.4. The van der Waals surface area contributed by atoms with Crippen LogP contribution in [0.5, 0.6) is 0 Å². The van der Waals surface area contributed by atoms with Crippen LogP contribution in [0, 0.1) is 11.3 Å². The van der Waals surface area contributed by atoms with Crippen LogP contribution >= 0.6 is 0 Å². The van der Waals surface area contributed by atoms with E-state index >= 15 is 0 Å². The Kier molecular flexibility index (Phi) is 6.51. The zero-order valence-corrected chi connectivity index (χ0v) is 21.6. The van der Waals surface area contributed by atoms with E-state index in [1.165, 1.54) is 0 Å². The third kappa shape index (κ3) is 4.85. The van der Waals surface area contributed by atoms with Gasteiger partial charge in [0.15, 0.2) is 14.1 Å². The molecular formula is C22H40N2O5Si. The highest BCUT2D eigenvalue weighted by Crippen LogP contribution is 2.50. The van der Waals surface area contributed by atoms with Gasteiger partial charge in [-0.2, -0.15) is 5.26 Å². The van der Waals surface area contributed by atoms with Gasteiger partial charge in [0.2, 0.25) is 0 Å². The molecule has 2 rings (SSSR count). The Bertz CT molecular complexity index is 704. The smallest absolute Gasteiger partial charge is 0.411 e. The van der Waals surface area contributed by atoms with Crippen LogP contribution in [0.2, 0.25) is 18.1 Å². The van der Waals surface area contributed by atoms with E-state index in [0.717, 1.165) is 0 Å². The second-order valence-corrected chi connectivity index (χ2v) is 16.4. The highest BCUT2D eigenvalue weighted by Gasteiger charge is 2.67. The molecule has 1 amide bonds. The Labute approximate surface area is 183 Å². The molecular weight excluding hydrogens is 400 g/mol. The Morgan fingerprint density at radius 1 is 1.17 bits per heavy atom. The van der Waals surface area contributed by atoms with Crippen LogP contribution in [0.15, 0.2) is 0 Å². The van der Waals surface area contributed by atoms with E-state index < -0.39 is 49.6 Å². The zero-order valence-electron chi connectivity index (χ0n) is 20.6. The fourth-order valence-electron chi connectivity index (χ4n) is 4.05. The van der Waals surface area contributed by atoms with Crippen LogP contribution < -0.4 is 0 Å². The van der Waals surface area contributed by atoms with Crippen LogP contribution in [0.4, 0.5) is 4.79 Å². The number of carbonyl (C=O) groups is 1. The number of nitriles is 1. The van der Waals surface area contributed by atoms with Crippen LogP contribution in [0.25, 0.3) is 0 Å². The molecule has 2 fully saturated rings. The van der Waals surface area contributed by atoms with E-state index in [9.17, 15) is 10.1 Å². The summed E-state index contributed by atoms with van der Waals surface area (Å²) in [7, 11) is -2.07. The molecule has 2 aliphatic heterocycles. The normalized spacial score (nSPS) is 31.4. The average Bonchev–Trinajstić information content (AvgIpc) is 2.87. The quantitative estimate of drug-likeness (QED) is 0.583. The number of amides is 1. The van der Waals surface area contributed by atoms with Gasteiger partial charge in [0.05, 0.1) is 31.2 Å². The van der Waals surface area contributed by atoms with Gasteiger partial charge in [-0.05, 0) is 59.7 Å². The predicted octanol–water partition coefficient (Wildman–Crippen LogP) is 4.82. The fourth-order valence-corrected chi connectivity index (χ4v) is 5.07. The Morgan fingerprint density at radius 2 is 1.73 bits per heavy atom. The van der Waals surface area contributed by atoms with Crippen molar-refractivity contribution in [2.75, 3.05) is 6.61 Å². The summed E-state index contributed by atoms with van der Waals surface area (Å²) < 4.78 is 24.8. The maximum atomic E-state index is 13.3. The lowest BCUT2D eigenvalue weighted by atomic mass is 9.91. The van der Waals surface area contributed by atoms with E-state index in [-0.39, 0.29) is 11.5 Å². The monoisotopic (exact) mass is 440 g/mol. The van der Waals surface area contributed by atoms with E-state index in [4.69, 9.17) is 18.6 Å². The number of rotatable bonds is 4. The second kappa shape index (κ2) is 7.77. The van der Waals surface area contributed by atoms with Gasteiger partial charge in [0, 0.05) is 0 Å². The van der Waals surface area contributed by atoms with E-state index in [1.807, 2.05) is 41.5 Å². The van der Waals surface area contributed by atoms with Crippen molar-refractivity contribution in [2.24, 2.45) is 0 Å². The first kappa shape index (κ1) is 25.1. The minimum Gasteiger partial charge on any atom is -0.444 e. The molecule has 2 saturated heterocycles. The summed E-state index contributed by atoms with van der Waals surface area (Å²) >= 11 is 0. The molecule has 0 radical (unpaired) electrons. The second-order valence-electron chi connectivity index (χ2n) is 11.6. The zero-order chi connectivity index (χ0) is 23.3. The van der Waals surface area contributed by atoms with Crippen molar-refractivity contribution >= 4 is 14.4 Å². The topological polar surface area (TPSA) is 81.0 Å². The standard InChI is InChI=1S/C22H40N2O5Si/c1-19(2,3)28-18(25)24-15(14-26-30(10,11)20(4,5)6)17-22(9,16(24)12-13-23)29-21(7,8)27-17/h15-17H,12,14H2,1-11H3. The number of ether oxygens (including phenoxy) is 3. The van der Waals surface area contributed by atoms with Crippen LogP contribution in [0.3, 0.4) is 0 Å². The van der Waals surface area contributed by atoms with Crippen molar-refractivity contribution in [3.8, 4) is 6.07 Å². The van der Waals surface area contributed by atoms with E-state index in [2.05, 4.69) is 39.9 Å². The lowest BCUT2D eigenvalue weighted by Crippen LogP contribution is -2.52. The maximum absolute atomic E-state index is 13.3. The van der Waals surface area contributed by atoms with Crippen molar-refractivity contribution in [2.45, 2.75) is 122 Å². The first-order chi connectivity index (χ1) is 13.3. The largest absolute Gasteiger partial charge is 0.444 e. The molecule has 0 aromatic heterocycles. The predicted molar refractivity (Wildman–Crippen MR) is 117 cm³/mol. The minimum absolute atomic E-state index is 0.0318. The Balaban J connectivity index is 2.44. The minimum atomic E-state index is -2.07. The molecule has 0 aromatic rings. The lowest BCUT2D eigenvalue weighted by molar-refractivity contribution is -0.182. The summed E-state index contributed by atoms with van der Waals surface area (Å²) in [5.41, 5.74) is -1.48. The Hall–Kier alpha value is -1.14. The van der Waals surface area contributed by atoms with Crippen molar-refractivity contribution in [1.29, 1.82) is 5.26 Å². The SMILES string of the molecule is CC(C)(C)OC(=O)N1C(CO[Si](C)(C)C(C)(C)C)C2OC(C)(C)OC2(C)C1CC#N. The molecule has 2 heterocycles. The first-order valence-corrected chi connectivity index (χ1v) is 13.7. The van der Waals surface area contributed by atoms with Crippen molar-refractivity contribution in [3.05, 3.63) is 0 Å². The van der Waals surface area contributed by atoms with E-state index in [0.29, 0.717) is 6.61 Å². The van der Waals surface area contributed by atoms with Crippen molar-refractivity contribution in [3.63, 3.8) is 0 Å². The molecule has 0 N–H and O–H groups in total. The first-order valence-electron chi connectivity index (χ1n) is 10.7. The number of fused-ring (bicyclic) bond motifs is 1. The molecule has 172 valence electrons. The number of hydrogen-bond acceptors (Lipinski definition) is 6. The lowest BCUT2D eigenvalue weighted by Gasteiger charge is -2.40. The molecule has 30 heavy (non-hydrogen) atoms. The Morgan fingerprint density at radius 3 is 2.20 bits per heavy atom. The molecule has 4 atom stereocenters. The summed E-state index contributed by atoms with van der Waals surface area (Å²) in [4.78, 5) is 14.9. The van der Waals surface area contributed by atoms with Gasteiger partial charge in [0.25, 0.3) is 0 Å². The van der Waals surface area contributed by atoms with Gasteiger partial charge in [-0.25, -0.2) is 4.79 Å². The molecule has 7 nitrogen and oxygen atoms in total. The molecule has 0 aliphatic carbocycles. The number of carbonyl (C=O) groups excluding carboxylic acids is 1. The third-order valence-corrected chi connectivity index (χ3v) is 11.0. The molecule has 2 aliphatic rings. The van der Waals surface area contributed by atoms with Crippen LogP contribution in [-0.2, 0) is 18.6 Å². The highest BCUT2D eigenvalue weighted by atomic mass is 28.4. The third-order valence-electron chi connectivity index (χ3n) is 6.46. The number of likely N-dealkylation sites (tertiary alicyclic amines) is 1. The van der Waals surface area contributed by atoms with Gasteiger partial charge >= 0.3 is 6.09 Å². The van der Waals surface area contributed by atoms with Gasteiger partial charge in [-0.1, -0.05) is 20.8 Å². The van der Waals surface area contributed by atoms with Gasteiger partial charge in [-0.3, -0.25) is 4.90 Å². The molecule has 0 bridgehead atoms. The number of hydrogen-bond donors (Lipinski definition) is 0. The van der Waals surface area contributed by atoms with Gasteiger partial charge in [-0.15, -0.1) is 0 Å². The summed E-state index contributed by atoms with van der Waals surface area (Å²) in [5, 5.41) is 9.56. The number of nitrogens with zero attached hydrogens (tertiary/aromatic N) is 2. The molecule has 0 aromatic carbocycles. The molecule has 4 unspecified atom stereocenters. The average molecular weight is 441 g/mol. The molecule has 0 spiro atoms.